The van der Waals surface area contributed by atoms with Gasteiger partial charge in [-0.15, -0.1) is 0 Å². The first-order valence-electron chi connectivity index (χ1n) is 6.13. The molecule has 0 radical (unpaired) electrons. The highest BCUT2D eigenvalue weighted by molar-refractivity contribution is 9.10. The summed E-state index contributed by atoms with van der Waals surface area (Å²) < 4.78 is 6.42. The maximum absolute atomic E-state index is 10.7. The highest BCUT2D eigenvalue weighted by atomic mass is 79.9. The van der Waals surface area contributed by atoms with E-state index < -0.39 is 5.97 Å². The zero-order chi connectivity index (χ0) is 13.8. The Kier molecular flexibility index (Phi) is 4.61. The van der Waals surface area contributed by atoms with Gasteiger partial charge in [0.05, 0.1) is 13.2 Å². The van der Waals surface area contributed by atoms with Crippen molar-refractivity contribution in [1.29, 1.82) is 0 Å². The molecule has 0 amide bonds. The van der Waals surface area contributed by atoms with Gasteiger partial charge < -0.3 is 14.7 Å². The molecule has 1 fully saturated rings. The minimum atomic E-state index is -0.941. The molecule has 0 saturated carbocycles. The molecule has 1 heterocycles. The molecular weight excluding hydrogens is 310 g/mol. The molecule has 1 aliphatic rings. The van der Waals surface area contributed by atoms with Crippen LogP contribution in [0.3, 0.4) is 0 Å². The topological polar surface area (TPSA) is 49.8 Å². The largest absolute Gasteiger partial charge is 0.478 e. The lowest BCUT2D eigenvalue weighted by molar-refractivity contribution is -0.131. The molecule has 0 aromatic heterocycles. The standard InChI is InChI=1S/C14H16BrNO3/c1-10-9-19-7-6-16(10)13-8-12(15)4-2-11(13)3-5-14(17)18/h2-5,8,10H,6-7,9H2,1H3,(H,17,18)/b5-3+. The van der Waals surface area contributed by atoms with Crippen LogP contribution in [0.25, 0.3) is 6.08 Å². The van der Waals surface area contributed by atoms with Crippen LogP contribution in [0.4, 0.5) is 5.69 Å². The summed E-state index contributed by atoms with van der Waals surface area (Å²) in [6, 6.07) is 6.13. The number of anilines is 1. The fourth-order valence-electron chi connectivity index (χ4n) is 2.15. The van der Waals surface area contributed by atoms with Crippen LogP contribution in [-0.2, 0) is 9.53 Å². The van der Waals surface area contributed by atoms with E-state index in [9.17, 15) is 4.79 Å². The molecule has 1 N–H and O–H groups in total. The molecule has 4 nitrogen and oxygen atoms in total. The minimum Gasteiger partial charge on any atom is -0.478 e. The average molecular weight is 326 g/mol. The number of hydrogen-bond acceptors (Lipinski definition) is 3. The molecule has 0 spiro atoms. The quantitative estimate of drug-likeness (QED) is 0.868. The van der Waals surface area contributed by atoms with Gasteiger partial charge in [-0.25, -0.2) is 4.79 Å². The van der Waals surface area contributed by atoms with E-state index in [1.807, 2.05) is 18.2 Å². The maximum Gasteiger partial charge on any atom is 0.328 e. The van der Waals surface area contributed by atoms with Crippen molar-refractivity contribution in [3.63, 3.8) is 0 Å². The van der Waals surface area contributed by atoms with Crippen LogP contribution < -0.4 is 4.90 Å². The van der Waals surface area contributed by atoms with Gasteiger partial charge in [0.15, 0.2) is 0 Å². The van der Waals surface area contributed by atoms with E-state index in [2.05, 4.69) is 27.8 Å². The Balaban J connectivity index is 2.36. The van der Waals surface area contributed by atoms with Crippen molar-refractivity contribution in [3.8, 4) is 0 Å². The van der Waals surface area contributed by atoms with Gasteiger partial charge in [0, 0.05) is 28.8 Å². The van der Waals surface area contributed by atoms with Crippen LogP contribution in [0.1, 0.15) is 12.5 Å². The third-order valence-corrected chi connectivity index (χ3v) is 3.57. The Morgan fingerprint density at radius 1 is 1.58 bits per heavy atom. The van der Waals surface area contributed by atoms with Crippen molar-refractivity contribution in [1.82, 2.24) is 0 Å². The van der Waals surface area contributed by atoms with Crippen molar-refractivity contribution in [3.05, 3.63) is 34.3 Å². The Bertz CT molecular complexity index is 501. The number of benzene rings is 1. The summed E-state index contributed by atoms with van der Waals surface area (Å²) in [6.07, 6.45) is 2.80. The third-order valence-electron chi connectivity index (χ3n) is 3.08. The average Bonchev–Trinajstić information content (AvgIpc) is 2.37. The lowest BCUT2D eigenvalue weighted by Gasteiger charge is -2.36. The number of carbonyl (C=O) groups is 1. The van der Waals surface area contributed by atoms with Crippen molar-refractivity contribution < 1.29 is 14.6 Å². The summed E-state index contributed by atoms with van der Waals surface area (Å²) >= 11 is 3.46. The van der Waals surface area contributed by atoms with Crippen molar-refractivity contribution in [2.75, 3.05) is 24.7 Å². The molecule has 2 rings (SSSR count). The monoisotopic (exact) mass is 325 g/mol. The fourth-order valence-corrected chi connectivity index (χ4v) is 2.50. The summed E-state index contributed by atoms with van der Waals surface area (Å²) in [5, 5.41) is 8.75. The minimum absolute atomic E-state index is 0.278. The normalized spacial score (nSPS) is 19.9. The maximum atomic E-state index is 10.7. The second kappa shape index (κ2) is 6.21. The number of morpholine rings is 1. The molecule has 102 valence electrons. The highest BCUT2D eigenvalue weighted by Gasteiger charge is 2.21. The predicted molar refractivity (Wildman–Crippen MR) is 78.4 cm³/mol. The molecule has 5 heteroatoms. The van der Waals surface area contributed by atoms with Crippen LogP contribution in [0.2, 0.25) is 0 Å². The molecule has 1 saturated heterocycles. The zero-order valence-electron chi connectivity index (χ0n) is 10.7. The molecular formula is C14H16BrNO3. The van der Waals surface area contributed by atoms with E-state index in [1.54, 1.807) is 6.08 Å². The van der Waals surface area contributed by atoms with Gasteiger partial charge in [-0.1, -0.05) is 22.0 Å². The summed E-state index contributed by atoms with van der Waals surface area (Å²) in [7, 11) is 0. The van der Waals surface area contributed by atoms with Gasteiger partial charge in [-0.3, -0.25) is 0 Å². The van der Waals surface area contributed by atoms with E-state index in [1.165, 1.54) is 0 Å². The second-order valence-corrected chi connectivity index (χ2v) is 5.41. The molecule has 1 aromatic carbocycles. The summed E-state index contributed by atoms with van der Waals surface area (Å²) in [5.41, 5.74) is 1.93. The van der Waals surface area contributed by atoms with Gasteiger partial charge in [0.1, 0.15) is 0 Å². The van der Waals surface area contributed by atoms with Crippen LogP contribution in [0, 0.1) is 0 Å². The van der Waals surface area contributed by atoms with E-state index in [4.69, 9.17) is 9.84 Å². The van der Waals surface area contributed by atoms with Gasteiger partial charge in [0.25, 0.3) is 0 Å². The molecule has 0 aliphatic carbocycles. The number of hydrogen-bond donors (Lipinski definition) is 1. The number of nitrogens with zero attached hydrogens (tertiary/aromatic N) is 1. The number of rotatable bonds is 3. The first kappa shape index (κ1) is 14.1. The molecule has 1 unspecified atom stereocenters. The van der Waals surface area contributed by atoms with Gasteiger partial charge in [0.2, 0.25) is 0 Å². The first-order valence-corrected chi connectivity index (χ1v) is 6.92. The van der Waals surface area contributed by atoms with E-state index in [0.717, 1.165) is 28.3 Å². The molecule has 1 aliphatic heterocycles. The number of carboxylic acid groups (broad SMARTS) is 1. The zero-order valence-corrected chi connectivity index (χ0v) is 12.3. The SMILES string of the molecule is CC1COCCN1c1cc(Br)ccc1/C=C/C(=O)O. The Labute approximate surface area is 120 Å². The number of carboxylic acids is 1. The number of halogens is 1. The Morgan fingerprint density at radius 3 is 3.05 bits per heavy atom. The predicted octanol–water partition coefficient (Wildman–Crippen LogP) is 2.77. The van der Waals surface area contributed by atoms with Crippen LogP contribution in [-0.4, -0.2) is 36.9 Å². The molecule has 1 atom stereocenters. The van der Waals surface area contributed by atoms with Crippen molar-refractivity contribution in [2.24, 2.45) is 0 Å². The smallest absolute Gasteiger partial charge is 0.328 e. The molecule has 1 aromatic rings. The van der Waals surface area contributed by atoms with Crippen LogP contribution >= 0.6 is 15.9 Å². The van der Waals surface area contributed by atoms with Crippen molar-refractivity contribution >= 4 is 33.7 Å². The summed E-state index contributed by atoms with van der Waals surface area (Å²) in [6.45, 7) is 4.30. The van der Waals surface area contributed by atoms with E-state index >= 15 is 0 Å². The third kappa shape index (κ3) is 3.58. The summed E-state index contributed by atoms with van der Waals surface area (Å²) in [4.78, 5) is 12.9. The van der Waals surface area contributed by atoms with Gasteiger partial charge in [-0.2, -0.15) is 0 Å². The first-order chi connectivity index (χ1) is 9.08. The summed E-state index contributed by atoms with van der Waals surface area (Å²) in [5.74, 6) is -0.941. The van der Waals surface area contributed by atoms with Crippen LogP contribution in [0.5, 0.6) is 0 Å². The van der Waals surface area contributed by atoms with Crippen molar-refractivity contribution in [2.45, 2.75) is 13.0 Å². The number of aliphatic carboxylic acids is 1. The second-order valence-electron chi connectivity index (χ2n) is 4.49. The Hall–Kier alpha value is -1.33. The van der Waals surface area contributed by atoms with E-state index in [-0.39, 0.29) is 6.04 Å². The fraction of sp³-hybridized carbons (Fsp3) is 0.357. The lowest BCUT2D eigenvalue weighted by Crippen LogP contribution is -2.44. The molecule has 0 bridgehead atoms. The van der Waals surface area contributed by atoms with Crippen LogP contribution in [0.15, 0.2) is 28.7 Å². The number of ether oxygens (including phenoxy) is 1. The Morgan fingerprint density at radius 2 is 2.37 bits per heavy atom. The van der Waals surface area contributed by atoms with Gasteiger partial charge in [-0.05, 0) is 30.7 Å². The van der Waals surface area contributed by atoms with E-state index in [0.29, 0.717) is 13.2 Å². The molecule has 19 heavy (non-hydrogen) atoms. The van der Waals surface area contributed by atoms with Gasteiger partial charge >= 0.3 is 5.97 Å². The highest BCUT2D eigenvalue weighted by Crippen LogP contribution is 2.29. The lowest BCUT2D eigenvalue weighted by atomic mass is 10.1.